The number of hydrogen-bond acceptors (Lipinski definition) is 6. The van der Waals surface area contributed by atoms with Gasteiger partial charge in [0.15, 0.2) is 0 Å². The van der Waals surface area contributed by atoms with E-state index in [0.29, 0.717) is 51.7 Å². The standard InChI is InChI=1S/C15H20N4O4/c1-12(20)18-4-6-22-11-15(9-18)10-19(5-7-23-15)14(21)13-8-16-2-3-17-13/h2-3,8H,4-7,9-11H2,1H3. The largest absolute Gasteiger partial charge is 0.376 e. The number of hydrogen-bond donors (Lipinski definition) is 0. The molecule has 8 nitrogen and oxygen atoms in total. The highest BCUT2D eigenvalue weighted by atomic mass is 16.5. The van der Waals surface area contributed by atoms with Gasteiger partial charge in [0.1, 0.15) is 11.3 Å². The average molecular weight is 320 g/mol. The molecule has 0 radical (unpaired) electrons. The van der Waals surface area contributed by atoms with Crippen LogP contribution in [0, 0.1) is 0 Å². The van der Waals surface area contributed by atoms with Gasteiger partial charge in [-0.1, -0.05) is 0 Å². The number of rotatable bonds is 1. The van der Waals surface area contributed by atoms with Crippen LogP contribution in [0.2, 0.25) is 0 Å². The number of nitrogens with zero attached hydrogens (tertiary/aromatic N) is 4. The maximum Gasteiger partial charge on any atom is 0.274 e. The van der Waals surface area contributed by atoms with E-state index in [4.69, 9.17) is 9.47 Å². The minimum atomic E-state index is -0.682. The molecule has 23 heavy (non-hydrogen) atoms. The molecule has 0 saturated carbocycles. The summed E-state index contributed by atoms with van der Waals surface area (Å²) in [6, 6.07) is 0. The number of carbonyl (C=O) groups excluding carboxylic acids is 2. The lowest BCUT2D eigenvalue weighted by atomic mass is 10.0. The number of amides is 2. The molecule has 0 bridgehead atoms. The van der Waals surface area contributed by atoms with Crippen LogP contribution in [0.25, 0.3) is 0 Å². The lowest BCUT2D eigenvalue weighted by Gasteiger charge is -2.43. The molecule has 1 aromatic rings. The number of carbonyl (C=O) groups is 2. The SMILES string of the molecule is CC(=O)N1CCOCC2(C1)CN(C(=O)c1cnccn1)CCO2. The van der Waals surface area contributed by atoms with E-state index < -0.39 is 5.60 Å². The van der Waals surface area contributed by atoms with Crippen LogP contribution in [-0.2, 0) is 14.3 Å². The topological polar surface area (TPSA) is 84.9 Å². The van der Waals surface area contributed by atoms with Gasteiger partial charge in [0, 0.05) is 32.4 Å². The normalized spacial score (nSPS) is 25.3. The summed E-state index contributed by atoms with van der Waals surface area (Å²) in [5.41, 5.74) is -0.374. The molecule has 2 fully saturated rings. The molecule has 0 aromatic carbocycles. The van der Waals surface area contributed by atoms with Crippen molar-refractivity contribution in [2.75, 3.05) is 46.0 Å². The third-order valence-corrected chi connectivity index (χ3v) is 4.11. The Kier molecular flexibility index (Phi) is 4.53. The van der Waals surface area contributed by atoms with Gasteiger partial charge in [-0.15, -0.1) is 0 Å². The molecule has 1 spiro atoms. The molecule has 1 unspecified atom stereocenters. The molecule has 2 aliphatic rings. The molecule has 2 aliphatic heterocycles. The first-order valence-electron chi connectivity index (χ1n) is 7.62. The van der Waals surface area contributed by atoms with Crippen molar-refractivity contribution in [3.8, 4) is 0 Å². The maximum atomic E-state index is 12.6. The predicted octanol–water partition coefficient (Wildman–Crippen LogP) is -0.433. The van der Waals surface area contributed by atoms with Gasteiger partial charge in [0.05, 0.1) is 39.1 Å². The second kappa shape index (κ2) is 6.59. The van der Waals surface area contributed by atoms with Crippen molar-refractivity contribution >= 4 is 11.8 Å². The summed E-state index contributed by atoms with van der Waals surface area (Å²) in [7, 11) is 0. The van der Waals surface area contributed by atoms with E-state index in [2.05, 4.69) is 9.97 Å². The van der Waals surface area contributed by atoms with Crippen LogP contribution in [0.5, 0.6) is 0 Å². The molecule has 2 amide bonds. The van der Waals surface area contributed by atoms with Crippen molar-refractivity contribution in [1.82, 2.24) is 19.8 Å². The quantitative estimate of drug-likeness (QED) is 0.698. The van der Waals surface area contributed by atoms with Crippen molar-refractivity contribution in [3.05, 3.63) is 24.3 Å². The summed E-state index contributed by atoms with van der Waals surface area (Å²) in [5.74, 6) is -0.199. The van der Waals surface area contributed by atoms with Crippen LogP contribution >= 0.6 is 0 Å². The maximum absolute atomic E-state index is 12.6. The highest BCUT2D eigenvalue weighted by Gasteiger charge is 2.42. The van der Waals surface area contributed by atoms with Gasteiger partial charge in [-0.05, 0) is 0 Å². The molecule has 1 aromatic heterocycles. The van der Waals surface area contributed by atoms with E-state index in [0.717, 1.165) is 0 Å². The Bertz CT molecular complexity index is 582. The molecular weight excluding hydrogens is 300 g/mol. The van der Waals surface area contributed by atoms with Crippen LogP contribution in [0.3, 0.4) is 0 Å². The van der Waals surface area contributed by atoms with Crippen LogP contribution in [0.15, 0.2) is 18.6 Å². The predicted molar refractivity (Wildman–Crippen MR) is 79.7 cm³/mol. The van der Waals surface area contributed by atoms with E-state index in [9.17, 15) is 9.59 Å². The molecule has 8 heteroatoms. The zero-order valence-corrected chi connectivity index (χ0v) is 13.1. The Morgan fingerprint density at radius 1 is 1.17 bits per heavy atom. The zero-order valence-electron chi connectivity index (χ0n) is 13.1. The summed E-state index contributed by atoms with van der Waals surface area (Å²) in [5, 5.41) is 0. The average Bonchev–Trinajstić information content (AvgIpc) is 2.78. The second-order valence-electron chi connectivity index (χ2n) is 5.84. The summed E-state index contributed by atoms with van der Waals surface area (Å²) in [6.45, 7) is 4.59. The van der Waals surface area contributed by atoms with Crippen molar-refractivity contribution in [3.63, 3.8) is 0 Å². The van der Waals surface area contributed by atoms with E-state index in [-0.39, 0.29) is 11.8 Å². The first-order valence-corrected chi connectivity index (χ1v) is 7.62. The van der Waals surface area contributed by atoms with Gasteiger partial charge in [-0.25, -0.2) is 4.98 Å². The van der Waals surface area contributed by atoms with E-state index in [1.165, 1.54) is 25.5 Å². The van der Waals surface area contributed by atoms with Gasteiger partial charge in [-0.3, -0.25) is 14.6 Å². The summed E-state index contributed by atoms with van der Waals surface area (Å²) in [6.07, 6.45) is 4.48. The van der Waals surface area contributed by atoms with Crippen LogP contribution in [0.1, 0.15) is 17.4 Å². The first kappa shape index (κ1) is 15.8. The molecule has 3 rings (SSSR count). The molecule has 3 heterocycles. The van der Waals surface area contributed by atoms with Crippen LogP contribution in [0.4, 0.5) is 0 Å². The highest BCUT2D eigenvalue weighted by molar-refractivity contribution is 5.92. The fourth-order valence-corrected chi connectivity index (χ4v) is 2.95. The third kappa shape index (κ3) is 3.48. The smallest absolute Gasteiger partial charge is 0.274 e. The van der Waals surface area contributed by atoms with Gasteiger partial charge in [0.2, 0.25) is 5.91 Å². The van der Waals surface area contributed by atoms with Gasteiger partial charge in [-0.2, -0.15) is 0 Å². The van der Waals surface area contributed by atoms with Crippen molar-refractivity contribution in [2.24, 2.45) is 0 Å². The molecule has 124 valence electrons. The highest BCUT2D eigenvalue weighted by Crippen LogP contribution is 2.23. The lowest BCUT2D eigenvalue weighted by molar-refractivity contribution is -0.145. The molecular formula is C15H20N4O4. The lowest BCUT2D eigenvalue weighted by Crippen LogP contribution is -2.60. The fourth-order valence-electron chi connectivity index (χ4n) is 2.95. The monoisotopic (exact) mass is 320 g/mol. The van der Waals surface area contributed by atoms with Crippen molar-refractivity contribution < 1.29 is 19.1 Å². The van der Waals surface area contributed by atoms with Gasteiger partial charge < -0.3 is 19.3 Å². The molecule has 0 N–H and O–H groups in total. The Balaban J connectivity index is 1.76. The number of morpholine rings is 1. The minimum absolute atomic E-state index is 0.0177. The van der Waals surface area contributed by atoms with Crippen molar-refractivity contribution in [1.29, 1.82) is 0 Å². The van der Waals surface area contributed by atoms with E-state index in [1.807, 2.05) is 0 Å². The summed E-state index contributed by atoms with van der Waals surface area (Å²) in [4.78, 5) is 35.7. The van der Waals surface area contributed by atoms with Crippen molar-refractivity contribution in [2.45, 2.75) is 12.5 Å². The summed E-state index contributed by atoms with van der Waals surface area (Å²) >= 11 is 0. The minimum Gasteiger partial charge on any atom is -0.376 e. The van der Waals surface area contributed by atoms with Crippen LogP contribution in [-0.4, -0.2) is 83.2 Å². The van der Waals surface area contributed by atoms with Gasteiger partial charge in [0.25, 0.3) is 5.91 Å². The molecule has 2 saturated heterocycles. The third-order valence-electron chi connectivity index (χ3n) is 4.11. The molecule has 1 atom stereocenters. The van der Waals surface area contributed by atoms with E-state index >= 15 is 0 Å². The Morgan fingerprint density at radius 3 is 2.70 bits per heavy atom. The van der Waals surface area contributed by atoms with E-state index in [1.54, 1.807) is 9.80 Å². The number of aromatic nitrogens is 2. The van der Waals surface area contributed by atoms with Gasteiger partial charge >= 0.3 is 0 Å². The first-order chi connectivity index (χ1) is 11.1. The number of ether oxygens (including phenoxy) is 2. The fraction of sp³-hybridized carbons (Fsp3) is 0.600. The Hall–Kier alpha value is -2.06. The Morgan fingerprint density at radius 2 is 1.96 bits per heavy atom. The zero-order chi connectivity index (χ0) is 16.3. The Labute approximate surface area is 134 Å². The van der Waals surface area contributed by atoms with Crippen LogP contribution < -0.4 is 0 Å². The second-order valence-corrected chi connectivity index (χ2v) is 5.84. The molecule has 0 aliphatic carbocycles. The summed E-state index contributed by atoms with van der Waals surface area (Å²) < 4.78 is 11.6.